The summed E-state index contributed by atoms with van der Waals surface area (Å²) in [4.78, 5) is 11.3. The van der Waals surface area contributed by atoms with Crippen molar-refractivity contribution in [1.29, 1.82) is 0 Å². The molecule has 112 valence electrons. The molecule has 0 N–H and O–H groups in total. The molecule has 0 aromatic rings. The molecule has 0 fully saturated rings. The molecule has 0 aromatic heterocycles. The molecule has 0 radical (unpaired) electrons. The van der Waals surface area contributed by atoms with E-state index in [1.54, 1.807) is 0 Å². The molecule has 2 nitrogen and oxygen atoms in total. The lowest BCUT2D eigenvalue weighted by atomic mass is 10.1. The Morgan fingerprint density at radius 1 is 0.842 bits per heavy atom. The fourth-order valence-corrected chi connectivity index (χ4v) is 1.94. The van der Waals surface area contributed by atoms with Crippen LogP contribution in [0.3, 0.4) is 0 Å². The Morgan fingerprint density at radius 2 is 1.47 bits per heavy atom. The van der Waals surface area contributed by atoms with Crippen LogP contribution >= 0.6 is 0 Å². The van der Waals surface area contributed by atoms with Crippen molar-refractivity contribution < 1.29 is 9.53 Å². The Bertz CT molecular complexity index is 221. The smallest absolute Gasteiger partial charge is 0.309 e. The Morgan fingerprint density at radius 3 is 2.21 bits per heavy atom. The minimum absolute atomic E-state index is 0.0877. The molecule has 0 saturated heterocycles. The van der Waals surface area contributed by atoms with Crippen molar-refractivity contribution >= 4 is 5.97 Å². The van der Waals surface area contributed by atoms with Gasteiger partial charge in [-0.25, -0.2) is 0 Å². The lowest BCUT2D eigenvalue weighted by molar-refractivity contribution is -0.142. The number of ether oxygens (including phenoxy) is 1. The van der Waals surface area contributed by atoms with Crippen LogP contribution in [0.15, 0.2) is 12.2 Å². The molecule has 0 rings (SSSR count). The monoisotopic (exact) mass is 268 g/mol. The van der Waals surface area contributed by atoms with Gasteiger partial charge in [-0.05, 0) is 19.3 Å². The first-order valence-corrected chi connectivity index (χ1v) is 8.11. The highest BCUT2D eigenvalue weighted by Crippen LogP contribution is 2.07. The van der Waals surface area contributed by atoms with Crippen LogP contribution < -0.4 is 0 Å². The summed E-state index contributed by atoms with van der Waals surface area (Å²) in [5, 5.41) is 0. The molecule has 0 aromatic carbocycles. The SMILES string of the molecule is CCCCCCCC/C=C\CC(=O)OCCCCC. The lowest BCUT2D eigenvalue weighted by Crippen LogP contribution is -2.04. The van der Waals surface area contributed by atoms with Crippen LogP contribution in [0.2, 0.25) is 0 Å². The maximum Gasteiger partial charge on any atom is 0.309 e. The first-order chi connectivity index (χ1) is 9.31. The van der Waals surface area contributed by atoms with E-state index in [-0.39, 0.29) is 5.97 Å². The number of unbranched alkanes of at least 4 members (excludes halogenated alkanes) is 8. The molecule has 0 aliphatic carbocycles. The predicted molar refractivity (Wildman–Crippen MR) is 82.2 cm³/mol. The third-order valence-corrected chi connectivity index (χ3v) is 3.19. The molecule has 0 bridgehead atoms. The second-order valence-corrected chi connectivity index (χ2v) is 5.16. The number of hydrogen-bond acceptors (Lipinski definition) is 2. The molecule has 19 heavy (non-hydrogen) atoms. The van der Waals surface area contributed by atoms with Crippen molar-refractivity contribution in [1.82, 2.24) is 0 Å². The maximum absolute atomic E-state index is 11.3. The molecular weight excluding hydrogens is 236 g/mol. The van der Waals surface area contributed by atoms with Crippen LogP contribution in [-0.2, 0) is 9.53 Å². The van der Waals surface area contributed by atoms with Crippen LogP contribution in [0, 0.1) is 0 Å². The van der Waals surface area contributed by atoms with Gasteiger partial charge in [-0.2, -0.15) is 0 Å². The highest BCUT2D eigenvalue weighted by molar-refractivity contribution is 5.71. The average Bonchev–Trinajstić information content (AvgIpc) is 2.42. The summed E-state index contributed by atoms with van der Waals surface area (Å²) in [7, 11) is 0. The summed E-state index contributed by atoms with van der Waals surface area (Å²) < 4.78 is 5.13. The predicted octanol–water partition coefficient (Wildman–Crippen LogP) is 5.42. The Kier molecular flexibility index (Phi) is 14.6. The van der Waals surface area contributed by atoms with Gasteiger partial charge in [-0.15, -0.1) is 0 Å². The van der Waals surface area contributed by atoms with Crippen LogP contribution in [0.25, 0.3) is 0 Å². The van der Waals surface area contributed by atoms with Gasteiger partial charge in [0.15, 0.2) is 0 Å². The number of carbonyl (C=O) groups is 1. The van der Waals surface area contributed by atoms with Gasteiger partial charge in [0.1, 0.15) is 0 Å². The third-order valence-electron chi connectivity index (χ3n) is 3.19. The summed E-state index contributed by atoms with van der Waals surface area (Å²) in [6.07, 6.45) is 16.8. The van der Waals surface area contributed by atoms with E-state index in [0.29, 0.717) is 13.0 Å². The van der Waals surface area contributed by atoms with Crippen LogP contribution in [-0.4, -0.2) is 12.6 Å². The van der Waals surface area contributed by atoms with Gasteiger partial charge in [0, 0.05) is 0 Å². The van der Waals surface area contributed by atoms with Crippen LogP contribution in [0.4, 0.5) is 0 Å². The zero-order valence-electron chi connectivity index (χ0n) is 13.0. The van der Waals surface area contributed by atoms with Gasteiger partial charge in [0.05, 0.1) is 13.0 Å². The van der Waals surface area contributed by atoms with E-state index in [2.05, 4.69) is 19.9 Å². The van der Waals surface area contributed by atoms with E-state index in [4.69, 9.17) is 4.74 Å². The number of carbonyl (C=O) groups excluding carboxylic acids is 1. The number of hydrogen-bond donors (Lipinski definition) is 0. The third kappa shape index (κ3) is 15.2. The number of esters is 1. The summed E-state index contributed by atoms with van der Waals surface area (Å²) in [6, 6.07) is 0. The zero-order valence-corrected chi connectivity index (χ0v) is 13.0. The highest BCUT2D eigenvalue weighted by atomic mass is 16.5. The first-order valence-electron chi connectivity index (χ1n) is 8.11. The molecule has 0 heterocycles. The van der Waals surface area contributed by atoms with Crippen molar-refractivity contribution in [3.63, 3.8) is 0 Å². The van der Waals surface area contributed by atoms with E-state index in [1.807, 2.05) is 6.08 Å². The van der Waals surface area contributed by atoms with Gasteiger partial charge >= 0.3 is 5.97 Å². The van der Waals surface area contributed by atoms with Crippen molar-refractivity contribution in [2.24, 2.45) is 0 Å². The molecule has 0 atom stereocenters. The Labute approximate surface area is 119 Å². The van der Waals surface area contributed by atoms with E-state index in [0.717, 1.165) is 25.7 Å². The summed E-state index contributed by atoms with van der Waals surface area (Å²) >= 11 is 0. The molecule has 0 amide bonds. The molecule has 0 saturated carbocycles. The van der Waals surface area contributed by atoms with Crippen molar-refractivity contribution in [2.45, 2.75) is 84.5 Å². The second kappa shape index (κ2) is 15.3. The highest BCUT2D eigenvalue weighted by Gasteiger charge is 1.98. The van der Waals surface area contributed by atoms with Gasteiger partial charge in [-0.1, -0.05) is 70.9 Å². The summed E-state index contributed by atoms with van der Waals surface area (Å²) in [5.74, 6) is -0.0877. The maximum atomic E-state index is 11.3. The second-order valence-electron chi connectivity index (χ2n) is 5.16. The fourth-order valence-electron chi connectivity index (χ4n) is 1.94. The Balaban J connectivity index is 3.25. The topological polar surface area (TPSA) is 26.3 Å². The Hall–Kier alpha value is -0.790. The van der Waals surface area contributed by atoms with E-state index in [9.17, 15) is 4.79 Å². The molecule has 0 spiro atoms. The zero-order chi connectivity index (χ0) is 14.2. The molecule has 0 unspecified atom stereocenters. The standard InChI is InChI=1S/C17H32O2/c1-3-5-7-8-9-10-11-12-13-15-17(18)19-16-14-6-4-2/h12-13H,3-11,14-16H2,1-2H3/b13-12-. The van der Waals surface area contributed by atoms with Gasteiger partial charge in [0.25, 0.3) is 0 Å². The average molecular weight is 268 g/mol. The van der Waals surface area contributed by atoms with E-state index < -0.39 is 0 Å². The number of allylic oxidation sites excluding steroid dienone is 1. The van der Waals surface area contributed by atoms with Gasteiger partial charge in [-0.3, -0.25) is 4.79 Å². The van der Waals surface area contributed by atoms with Crippen LogP contribution in [0.1, 0.15) is 84.5 Å². The van der Waals surface area contributed by atoms with Crippen LogP contribution in [0.5, 0.6) is 0 Å². The first kappa shape index (κ1) is 18.2. The van der Waals surface area contributed by atoms with Gasteiger partial charge in [0.2, 0.25) is 0 Å². The molecule has 0 aliphatic heterocycles. The van der Waals surface area contributed by atoms with Crippen molar-refractivity contribution in [3.05, 3.63) is 12.2 Å². The van der Waals surface area contributed by atoms with Gasteiger partial charge < -0.3 is 4.74 Å². The van der Waals surface area contributed by atoms with E-state index >= 15 is 0 Å². The lowest BCUT2D eigenvalue weighted by Gasteiger charge is -2.01. The summed E-state index contributed by atoms with van der Waals surface area (Å²) in [6.45, 7) is 4.97. The van der Waals surface area contributed by atoms with Crippen molar-refractivity contribution in [2.75, 3.05) is 6.61 Å². The largest absolute Gasteiger partial charge is 0.465 e. The minimum atomic E-state index is -0.0877. The molecule has 2 heteroatoms. The normalized spacial score (nSPS) is 11.1. The van der Waals surface area contributed by atoms with E-state index in [1.165, 1.54) is 38.5 Å². The molecular formula is C17H32O2. The molecule has 0 aliphatic rings. The fraction of sp³-hybridized carbons (Fsp3) is 0.824. The number of rotatable bonds is 13. The quantitative estimate of drug-likeness (QED) is 0.253. The van der Waals surface area contributed by atoms with Crippen molar-refractivity contribution in [3.8, 4) is 0 Å². The minimum Gasteiger partial charge on any atom is -0.465 e. The summed E-state index contributed by atoms with van der Waals surface area (Å²) in [5.41, 5.74) is 0.